The lowest BCUT2D eigenvalue weighted by molar-refractivity contribution is -0.137. The Labute approximate surface area is 148 Å². The molecule has 1 aromatic carbocycles. The van der Waals surface area contributed by atoms with Crippen LogP contribution in [0.5, 0.6) is 0 Å². The second kappa shape index (κ2) is 8.50. The monoisotopic (exact) mass is 346 g/mol. The van der Waals surface area contributed by atoms with Crippen molar-refractivity contribution in [2.75, 3.05) is 30.8 Å². The van der Waals surface area contributed by atoms with Gasteiger partial charge in [0.15, 0.2) is 0 Å². The van der Waals surface area contributed by atoms with Crippen LogP contribution >= 0.6 is 0 Å². The molecule has 1 fully saturated rings. The van der Waals surface area contributed by atoms with Crippen LogP contribution in [0.2, 0.25) is 0 Å². The second-order valence-corrected chi connectivity index (χ2v) is 6.53. The van der Waals surface area contributed by atoms with E-state index in [4.69, 9.17) is 0 Å². The van der Waals surface area contributed by atoms with E-state index in [0.29, 0.717) is 37.3 Å². The fourth-order valence-corrected chi connectivity index (χ4v) is 2.84. The molecule has 0 spiro atoms. The van der Waals surface area contributed by atoms with E-state index in [1.165, 1.54) is 7.05 Å². The van der Waals surface area contributed by atoms with Gasteiger partial charge in [0.05, 0.1) is 0 Å². The van der Waals surface area contributed by atoms with Crippen molar-refractivity contribution in [3.63, 3.8) is 0 Å². The minimum absolute atomic E-state index is 0.0130. The number of urea groups is 1. The Morgan fingerprint density at radius 2 is 1.68 bits per heavy atom. The van der Waals surface area contributed by atoms with E-state index >= 15 is 0 Å². The Kier molecular flexibility index (Phi) is 6.38. The van der Waals surface area contributed by atoms with Gasteiger partial charge >= 0.3 is 6.03 Å². The van der Waals surface area contributed by atoms with Crippen LogP contribution < -0.4 is 16.0 Å². The van der Waals surface area contributed by atoms with Gasteiger partial charge in [-0.15, -0.1) is 0 Å². The molecule has 0 aromatic heterocycles. The molecule has 0 saturated carbocycles. The van der Waals surface area contributed by atoms with Gasteiger partial charge in [-0.05, 0) is 31.0 Å². The van der Waals surface area contributed by atoms with Crippen molar-refractivity contribution in [2.24, 2.45) is 11.8 Å². The van der Waals surface area contributed by atoms with Gasteiger partial charge in [-0.3, -0.25) is 9.59 Å². The Balaban J connectivity index is 1.89. The number of amides is 4. The second-order valence-electron chi connectivity index (χ2n) is 6.53. The first-order valence-electron chi connectivity index (χ1n) is 8.59. The summed E-state index contributed by atoms with van der Waals surface area (Å²) in [5.74, 6) is -0.0201. The zero-order valence-corrected chi connectivity index (χ0v) is 15.0. The average molecular weight is 346 g/mol. The Bertz CT molecular complexity index is 637. The lowest BCUT2D eigenvalue weighted by atomic mass is 9.95. The van der Waals surface area contributed by atoms with Gasteiger partial charge in [-0.25, -0.2) is 4.79 Å². The van der Waals surface area contributed by atoms with Crippen LogP contribution in [0.1, 0.15) is 26.7 Å². The van der Waals surface area contributed by atoms with Crippen LogP contribution in [-0.2, 0) is 9.59 Å². The molecule has 0 radical (unpaired) electrons. The number of rotatable bonds is 4. The zero-order chi connectivity index (χ0) is 18.4. The molecule has 1 heterocycles. The topological polar surface area (TPSA) is 90.5 Å². The molecular weight excluding hydrogens is 320 g/mol. The molecule has 1 aliphatic rings. The van der Waals surface area contributed by atoms with Crippen molar-refractivity contribution in [3.8, 4) is 0 Å². The maximum atomic E-state index is 12.5. The smallest absolute Gasteiger partial charge is 0.318 e. The van der Waals surface area contributed by atoms with Gasteiger partial charge in [0.25, 0.3) is 0 Å². The first kappa shape index (κ1) is 18.8. The highest BCUT2D eigenvalue weighted by Crippen LogP contribution is 2.22. The molecule has 136 valence electrons. The fourth-order valence-electron chi connectivity index (χ4n) is 2.84. The molecule has 0 atom stereocenters. The van der Waals surface area contributed by atoms with Gasteiger partial charge in [-0.1, -0.05) is 19.9 Å². The van der Waals surface area contributed by atoms with Crippen LogP contribution in [0.25, 0.3) is 0 Å². The van der Waals surface area contributed by atoms with E-state index < -0.39 is 0 Å². The predicted molar refractivity (Wildman–Crippen MR) is 97.3 cm³/mol. The molecule has 4 amide bonds. The van der Waals surface area contributed by atoms with E-state index in [9.17, 15) is 14.4 Å². The van der Waals surface area contributed by atoms with Gasteiger partial charge in [0.1, 0.15) is 0 Å². The molecule has 1 aliphatic heterocycles. The third kappa shape index (κ3) is 5.20. The molecular formula is C18H26N4O3. The van der Waals surface area contributed by atoms with Crippen LogP contribution in [-0.4, -0.2) is 42.9 Å². The highest BCUT2D eigenvalue weighted by Gasteiger charge is 2.28. The molecule has 7 heteroatoms. The van der Waals surface area contributed by atoms with Crippen molar-refractivity contribution < 1.29 is 14.4 Å². The predicted octanol–water partition coefficient (Wildman–Crippen LogP) is 2.27. The molecule has 3 N–H and O–H groups in total. The average Bonchev–Trinajstić information content (AvgIpc) is 2.61. The molecule has 0 unspecified atom stereocenters. The molecule has 1 aromatic rings. The number of hydrogen-bond donors (Lipinski definition) is 3. The summed E-state index contributed by atoms with van der Waals surface area (Å²) in [7, 11) is 1.54. The first-order valence-corrected chi connectivity index (χ1v) is 8.59. The number of piperidine rings is 1. The summed E-state index contributed by atoms with van der Waals surface area (Å²) in [6, 6.07) is 6.70. The van der Waals surface area contributed by atoms with Gasteiger partial charge in [-0.2, -0.15) is 0 Å². The number of benzene rings is 1. The summed E-state index contributed by atoms with van der Waals surface area (Å²) in [6.45, 7) is 5.02. The van der Waals surface area contributed by atoms with E-state index in [0.717, 1.165) is 0 Å². The Morgan fingerprint density at radius 3 is 2.24 bits per heavy atom. The molecule has 2 rings (SSSR count). The first-order chi connectivity index (χ1) is 11.9. The Hall–Kier alpha value is -2.57. The summed E-state index contributed by atoms with van der Waals surface area (Å²) in [4.78, 5) is 37.6. The molecule has 7 nitrogen and oxygen atoms in total. The number of hydrogen-bond acceptors (Lipinski definition) is 3. The molecule has 0 aliphatic carbocycles. The van der Waals surface area contributed by atoms with Crippen molar-refractivity contribution in [1.82, 2.24) is 10.2 Å². The highest BCUT2D eigenvalue weighted by molar-refractivity contribution is 5.94. The van der Waals surface area contributed by atoms with Crippen molar-refractivity contribution in [3.05, 3.63) is 24.3 Å². The third-order valence-corrected chi connectivity index (χ3v) is 4.29. The minimum Gasteiger partial charge on any atom is -0.342 e. The normalized spacial score (nSPS) is 15.0. The number of likely N-dealkylation sites (tertiary alicyclic amines) is 1. The lowest BCUT2D eigenvalue weighted by Gasteiger charge is -2.32. The standard InChI is InChI=1S/C18H26N4O3/c1-12(2)17(24)22-9-7-13(8-10-22)16(23)20-14-5-4-6-15(11-14)21-18(25)19-3/h4-6,11-13H,7-10H2,1-3H3,(H,20,23)(H2,19,21,25). The van der Waals surface area contributed by atoms with Crippen LogP contribution in [0.3, 0.4) is 0 Å². The van der Waals surface area contributed by atoms with Crippen LogP contribution in [0.4, 0.5) is 16.2 Å². The quantitative estimate of drug-likeness (QED) is 0.781. The summed E-state index contributed by atoms with van der Waals surface area (Å²) < 4.78 is 0. The van der Waals surface area contributed by atoms with E-state index in [-0.39, 0.29) is 29.7 Å². The molecule has 25 heavy (non-hydrogen) atoms. The number of nitrogens with one attached hydrogen (secondary N) is 3. The van der Waals surface area contributed by atoms with Crippen molar-refractivity contribution in [1.29, 1.82) is 0 Å². The zero-order valence-electron chi connectivity index (χ0n) is 15.0. The van der Waals surface area contributed by atoms with Gasteiger partial charge in [0.2, 0.25) is 11.8 Å². The van der Waals surface area contributed by atoms with E-state index in [1.54, 1.807) is 24.3 Å². The minimum atomic E-state index is -0.314. The largest absolute Gasteiger partial charge is 0.342 e. The maximum absolute atomic E-state index is 12.5. The van der Waals surface area contributed by atoms with Crippen molar-refractivity contribution >= 4 is 29.2 Å². The molecule has 0 bridgehead atoms. The lowest BCUT2D eigenvalue weighted by Crippen LogP contribution is -2.43. The van der Waals surface area contributed by atoms with Crippen LogP contribution in [0.15, 0.2) is 24.3 Å². The summed E-state index contributed by atoms with van der Waals surface area (Å²) in [6.07, 6.45) is 1.33. The van der Waals surface area contributed by atoms with E-state index in [1.807, 2.05) is 18.7 Å². The third-order valence-electron chi connectivity index (χ3n) is 4.29. The summed E-state index contributed by atoms with van der Waals surface area (Å²) in [5.41, 5.74) is 1.24. The number of anilines is 2. The van der Waals surface area contributed by atoms with Gasteiger partial charge < -0.3 is 20.9 Å². The van der Waals surface area contributed by atoms with Crippen LogP contribution in [0, 0.1) is 11.8 Å². The molecule has 1 saturated heterocycles. The van der Waals surface area contributed by atoms with Crippen molar-refractivity contribution in [2.45, 2.75) is 26.7 Å². The maximum Gasteiger partial charge on any atom is 0.318 e. The van der Waals surface area contributed by atoms with Gasteiger partial charge in [0, 0.05) is 43.3 Å². The van der Waals surface area contributed by atoms with E-state index in [2.05, 4.69) is 16.0 Å². The fraction of sp³-hybridized carbons (Fsp3) is 0.500. The number of carbonyl (C=O) groups is 3. The summed E-state index contributed by atoms with van der Waals surface area (Å²) in [5, 5.41) is 8.04. The Morgan fingerprint density at radius 1 is 1.08 bits per heavy atom. The summed E-state index contributed by atoms with van der Waals surface area (Å²) >= 11 is 0. The highest BCUT2D eigenvalue weighted by atomic mass is 16.2. The SMILES string of the molecule is CNC(=O)Nc1cccc(NC(=O)C2CCN(C(=O)C(C)C)CC2)c1. The number of carbonyl (C=O) groups excluding carboxylic acids is 3. The number of nitrogens with zero attached hydrogens (tertiary/aromatic N) is 1.